The minimum absolute atomic E-state index is 0.0129. The zero-order chi connectivity index (χ0) is 20.2. The first-order chi connectivity index (χ1) is 11.4. The summed E-state index contributed by atoms with van der Waals surface area (Å²) in [6, 6.07) is -0.820. The van der Waals surface area contributed by atoms with Gasteiger partial charge < -0.3 is 52.9 Å². The molecule has 5 atom stereocenters. The van der Waals surface area contributed by atoms with Gasteiger partial charge in [0, 0.05) is 6.54 Å². The molecule has 25 heavy (non-hydrogen) atoms. The zero-order valence-electron chi connectivity index (χ0n) is 13.3. The highest BCUT2D eigenvalue weighted by atomic mass is 16.4. The van der Waals surface area contributed by atoms with E-state index in [2.05, 4.69) is 4.99 Å². The van der Waals surface area contributed by atoms with Crippen molar-refractivity contribution in [3.05, 3.63) is 0 Å². The number of aliphatic hydroxyl groups excluding tert-OH is 5. The van der Waals surface area contributed by atoms with Gasteiger partial charge in [0.1, 0.15) is 24.4 Å². The van der Waals surface area contributed by atoms with E-state index in [4.69, 9.17) is 52.9 Å². The van der Waals surface area contributed by atoms with Gasteiger partial charge in [-0.2, -0.15) is 0 Å². The topological polar surface area (TPSA) is 266 Å². The first-order valence-corrected chi connectivity index (χ1v) is 7.05. The summed E-state index contributed by atoms with van der Waals surface area (Å²) in [6.07, 6.45) is -6.88. The van der Waals surface area contributed by atoms with Gasteiger partial charge in [0.25, 0.3) is 0 Å². The van der Waals surface area contributed by atoms with Crippen LogP contribution in [0.1, 0.15) is 12.8 Å². The van der Waals surface area contributed by atoms with Crippen molar-refractivity contribution in [3.63, 3.8) is 0 Å². The van der Waals surface area contributed by atoms with Crippen LogP contribution in [-0.4, -0.2) is 97.3 Å². The number of rotatable bonds is 10. The van der Waals surface area contributed by atoms with Gasteiger partial charge in [-0.25, -0.2) is 4.79 Å². The van der Waals surface area contributed by atoms with Crippen molar-refractivity contribution < 1.29 is 45.3 Å². The average Bonchev–Trinajstić information content (AvgIpc) is 2.55. The number of guanidine groups is 1. The summed E-state index contributed by atoms with van der Waals surface area (Å²) in [6.45, 7) is -0.423. The van der Waals surface area contributed by atoms with Crippen molar-refractivity contribution in [1.29, 1.82) is 0 Å². The molecular weight excluding hydrogens is 344 g/mol. The number of aliphatic imine (C=N–C) groups is 1. The quantitative estimate of drug-likeness (QED) is 0.0983. The molecule has 0 aliphatic heterocycles. The third-order valence-corrected chi connectivity index (χ3v) is 2.79. The maximum Gasteiger partial charge on any atom is 0.335 e. The lowest BCUT2D eigenvalue weighted by Crippen LogP contribution is -2.48. The largest absolute Gasteiger partial charge is 0.480 e. The second-order valence-electron chi connectivity index (χ2n) is 4.91. The van der Waals surface area contributed by atoms with Gasteiger partial charge in [0.2, 0.25) is 0 Å². The third-order valence-electron chi connectivity index (χ3n) is 2.79. The van der Waals surface area contributed by atoms with Crippen LogP contribution in [0.3, 0.4) is 0 Å². The molecule has 0 spiro atoms. The molecule has 148 valence electrons. The maximum absolute atomic E-state index is 10.2. The van der Waals surface area contributed by atoms with E-state index in [1.165, 1.54) is 0 Å². The van der Waals surface area contributed by atoms with E-state index < -0.39 is 49.0 Å². The van der Waals surface area contributed by atoms with E-state index in [1.54, 1.807) is 0 Å². The van der Waals surface area contributed by atoms with Gasteiger partial charge >= 0.3 is 11.9 Å². The smallest absolute Gasteiger partial charge is 0.335 e. The summed E-state index contributed by atoms with van der Waals surface area (Å²) in [4.78, 5) is 24.0. The number of aliphatic hydroxyl groups is 5. The molecule has 13 heteroatoms. The Morgan fingerprint density at radius 2 is 1.48 bits per heavy atom. The molecule has 0 aromatic rings. The van der Waals surface area contributed by atoms with Crippen LogP contribution in [-0.2, 0) is 9.59 Å². The number of aliphatic carboxylic acids is 2. The standard InChI is InChI=1S/C6H14N4O2.C6H12O7/c7-4(5(11)12)2-1-3-10-6(8)9;7-1-2(8)3(9)4(10)5(11)6(12)13/h4H,1-3,7H2,(H,11,12)(H4,8,9,10);2-5,7-11H,1H2,(H,12,13)/t;2-,3-,4+,5-/m.1/s1. The molecule has 0 rings (SSSR count). The molecule has 0 heterocycles. The van der Waals surface area contributed by atoms with Gasteiger partial charge in [0.05, 0.1) is 6.61 Å². The molecule has 0 saturated carbocycles. The maximum atomic E-state index is 10.2. The lowest BCUT2D eigenvalue weighted by molar-refractivity contribution is -0.164. The monoisotopic (exact) mass is 370 g/mol. The van der Waals surface area contributed by atoms with Crippen LogP contribution >= 0.6 is 0 Å². The Labute approximate surface area is 143 Å². The van der Waals surface area contributed by atoms with Crippen molar-refractivity contribution in [3.8, 4) is 0 Å². The summed E-state index contributed by atoms with van der Waals surface area (Å²) in [5.41, 5.74) is 15.3. The Bertz CT molecular complexity index is 431. The number of carbonyl (C=O) groups is 2. The van der Waals surface area contributed by atoms with Crippen LogP contribution in [0.2, 0.25) is 0 Å². The highest BCUT2D eigenvalue weighted by molar-refractivity contribution is 5.75. The molecule has 0 aromatic carbocycles. The molecular formula is C12H26N4O9. The highest BCUT2D eigenvalue weighted by Gasteiger charge is 2.33. The summed E-state index contributed by atoms with van der Waals surface area (Å²) in [5, 5.41) is 60.2. The molecule has 0 aliphatic carbocycles. The number of hydrogen-bond donors (Lipinski definition) is 10. The minimum Gasteiger partial charge on any atom is -0.480 e. The van der Waals surface area contributed by atoms with Crippen molar-refractivity contribution in [2.75, 3.05) is 13.2 Å². The SMILES string of the molecule is NC(N)=NCCCC(N)C(=O)O.O=C(O)[C@H](O)[C@@H](O)[C@H](O)[C@H](O)CO. The predicted molar refractivity (Wildman–Crippen MR) is 84.3 cm³/mol. The van der Waals surface area contributed by atoms with Gasteiger partial charge in [-0.3, -0.25) is 9.79 Å². The van der Waals surface area contributed by atoms with Crippen molar-refractivity contribution in [2.45, 2.75) is 43.3 Å². The molecule has 0 aromatic heterocycles. The molecule has 13 N–H and O–H groups in total. The fourth-order valence-corrected chi connectivity index (χ4v) is 1.31. The van der Waals surface area contributed by atoms with E-state index in [0.29, 0.717) is 19.4 Å². The molecule has 0 radical (unpaired) electrons. The average molecular weight is 370 g/mol. The zero-order valence-corrected chi connectivity index (χ0v) is 13.3. The van der Waals surface area contributed by atoms with Gasteiger partial charge in [0.15, 0.2) is 12.1 Å². The first kappa shape index (κ1) is 25.2. The summed E-state index contributed by atoms with van der Waals surface area (Å²) >= 11 is 0. The lowest BCUT2D eigenvalue weighted by Gasteiger charge is -2.23. The van der Waals surface area contributed by atoms with E-state index in [-0.39, 0.29) is 5.96 Å². The fraction of sp³-hybridized carbons (Fsp3) is 0.750. The normalized spacial score (nSPS) is 16.4. The Morgan fingerprint density at radius 1 is 0.960 bits per heavy atom. The third kappa shape index (κ3) is 12.0. The summed E-state index contributed by atoms with van der Waals surface area (Å²) in [7, 11) is 0. The second-order valence-corrected chi connectivity index (χ2v) is 4.91. The molecule has 0 aliphatic rings. The second kappa shape index (κ2) is 13.3. The number of carboxylic acids is 2. The van der Waals surface area contributed by atoms with E-state index in [9.17, 15) is 9.59 Å². The number of carboxylic acid groups (broad SMARTS) is 2. The van der Waals surface area contributed by atoms with Crippen LogP contribution < -0.4 is 17.2 Å². The van der Waals surface area contributed by atoms with Crippen LogP contribution in [0.25, 0.3) is 0 Å². The van der Waals surface area contributed by atoms with Gasteiger partial charge in [-0.15, -0.1) is 0 Å². The number of nitrogens with zero attached hydrogens (tertiary/aromatic N) is 1. The van der Waals surface area contributed by atoms with E-state index in [1.807, 2.05) is 0 Å². The predicted octanol–water partition coefficient (Wildman–Crippen LogP) is -5.04. The van der Waals surface area contributed by atoms with Gasteiger partial charge in [-0.05, 0) is 12.8 Å². The van der Waals surface area contributed by atoms with Crippen LogP contribution in [0.5, 0.6) is 0 Å². The summed E-state index contributed by atoms with van der Waals surface area (Å²) in [5.74, 6) is -2.71. The van der Waals surface area contributed by atoms with Crippen LogP contribution in [0.4, 0.5) is 0 Å². The van der Waals surface area contributed by atoms with Crippen LogP contribution in [0, 0.1) is 0 Å². The van der Waals surface area contributed by atoms with Crippen LogP contribution in [0.15, 0.2) is 4.99 Å². The number of nitrogens with two attached hydrogens (primary N) is 3. The lowest BCUT2D eigenvalue weighted by atomic mass is 10.0. The van der Waals surface area contributed by atoms with Gasteiger partial charge in [-0.1, -0.05) is 0 Å². The van der Waals surface area contributed by atoms with Crippen molar-refractivity contribution in [2.24, 2.45) is 22.2 Å². The highest BCUT2D eigenvalue weighted by Crippen LogP contribution is 2.04. The Morgan fingerprint density at radius 3 is 1.84 bits per heavy atom. The van der Waals surface area contributed by atoms with E-state index >= 15 is 0 Å². The Balaban J connectivity index is 0. The molecule has 0 saturated heterocycles. The molecule has 0 fully saturated rings. The van der Waals surface area contributed by atoms with Crippen molar-refractivity contribution >= 4 is 17.9 Å². The fourth-order valence-electron chi connectivity index (χ4n) is 1.31. The molecule has 0 bridgehead atoms. The Kier molecular flexibility index (Phi) is 13.4. The molecule has 0 amide bonds. The van der Waals surface area contributed by atoms with E-state index in [0.717, 1.165) is 0 Å². The molecule has 13 nitrogen and oxygen atoms in total. The summed E-state index contributed by atoms with van der Waals surface area (Å²) < 4.78 is 0. The number of hydrogen-bond acceptors (Lipinski definition) is 9. The minimum atomic E-state index is -2.20. The Hall–Kier alpha value is -2.03. The first-order valence-electron chi connectivity index (χ1n) is 7.05. The molecule has 1 unspecified atom stereocenters. The van der Waals surface area contributed by atoms with Crippen molar-refractivity contribution in [1.82, 2.24) is 0 Å².